The summed E-state index contributed by atoms with van der Waals surface area (Å²) in [6, 6.07) is 14.6. The summed E-state index contributed by atoms with van der Waals surface area (Å²) in [7, 11) is 3.87. The van der Waals surface area contributed by atoms with Crippen molar-refractivity contribution in [1.29, 1.82) is 0 Å². The van der Waals surface area contributed by atoms with E-state index in [1.807, 2.05) is 37.2 Å². The second kappa shape index (κ2) is 6.37. The lowest BCUT2D eigenvalue weighted by Gasteiger charge is -2.13. The zero-order valence-electron chi connectivity index (χ0n) is 12.0. The normalized spacial score (nSPS) is 10.0. The molecular formula is C16H17N3OS. The minimum atomic E-state index is -0.151. The van der Waals surface area contributed by atoms with Crippen molar-refractivity contribution < 1.29 is 4.79 Å². The Morgan fingerprint density at radius 2 is 1.76 bits per heavy atom. The smallest absolute Gasteiger partial charge is 0.255 e. The summed E-state index contributed by atoms with van der Waals surface area (Å²) < 4.78 is 0. The van der Waals surface area contributed by atoms with Crippen LogP contribution >= 0.6 is 12.2 Å². The van der Waals surface area contributed by atoms with Gasteiger partial charge in [-0.3, -0.25) is 4.79 Å². The van der Waals surface area contributed by atoms with Crippen LogP contribution in [0.5, 0.6) is 0 Å². The molecule has 0 atom stereocenters. The van der Waals surface area contributed by atoms with Gasteiger partial charge in [0, 0.05) is 36.6 Å². The first-order chi connectivity index (χ1) is 9.97. The standard InChI is InChI=1S/C16H17N3OS/c1-19(2)14-5-3-4-12(10-14)16(20)18-13-8-6-11(7-9-13)15(17)21/h3-10H,1-2H3,(H2,17,21)(H,18,20). The summed E-state index contributed by atoms with van der Waals surface area (Å²) in [6.45, 7) is 0. The molecule has 2 rings (SSSR count). The molecule has 0 spiro atoms. The fourth-order valence-electron chi connectivity index (χ4n) is 1.85. The van der Waals surface area contributed by atoms with Crippen molar-refractivity contribution in [3.8, 4) is 0 Å². The number of carbonyl (C=O) groups is 1. The molecule has 0 aliphatic heterocycles. The van der Waals surface area contributed by atoms with E-state index in [2.05, 4.69) is 5.32 Å². The number of benzene rings is 2. The molecule has 0 heterocycles. The van der Waals surface area contributed by atoms with Gasteiger partial charge < -0.3 is 16.0 Å². The maximum absolute atomic E-state index is 12.2. The van der Waals surface area contributed by atoms with Crippen molar-refractivity contribution >= 4 is 34.5 Å². The number of hydrogen-bond acceptors (Lipinski definition) is 3. The number of nitrogens with zero attached hydrogens (tertiary/aromatic N) is 1. The van der Waals surface area contributed by atoms with Crippen molar-refractivity contribution in [3.63, 3.8) is 0 Å². The average Bonchev–Trinajstić information content (AvgIpc) is 2.48. The first-order valence-electron chi connectivity index (χ1n) is 6.46. The molecule has 0 aliphatic carbocycles. The van der Waals surface area contributed by atoms with E-state index in [9.17, 15) is 4.79 Å². The van der Waals surface area contributed by atoms with Crippen LogP contribution in [0.1, 0.15) is 15.9 Å². The SMILES string of the molecule is CN(C)c1cccc(C(=O)Nc2ccc(C(N)=S)cc2)c1. The Bertz CT molecular complexity index is 665. The summed E-state index contributed by atoms with van der Waals surface area (Å²) in [4.78, 5) is 14.5. The molecule has 3 N–H and O–H groups in total. The molecule has 21 heavy (non-hydrogen) atoms. The van der Waals surface area contributed by atoms with Gasteiger partial charge in [-0.2, -0.15) is 0 Å². The second-order valence-electron chi connectivity index (χ2n) is 4.84. The van der Waals surface area contributed by atoms with E-state index < -0.39 is 0 Å². The van der Waals surface area contributed by atoms with Crippen LogP contribution in [0.15, 0.2) is 48.5 Å². The number of nitrogens with two attached hydrogens (primary N) is 1. The van der Waals surface area contributed by atoms with Gasteiger partial charge in [-0.25, -0.2) is 0 Å². The van der Waals surface area contributed by atoms with E-state index in [0.29, 0.717) is 16.2 Å². The summed E-state index contributed by atoms with van der Waals surface area (Å²) in [5, 5.41) is 2.85. The Balaban J connectivity index is 2.14. The number of carbonyl (C=O) groups excluding carboxylic acids is 1. The number of amides is 1. The van der Waals surface area contributed by atoms with Crippen molar-refractivity contribution in [2.45, 2.75) is 0 Å². The van der Waals surface area contributed by atoms with Gasteiger partial charge in [-0.1, -0.05) is 18.3 Å². The number of nitrogens with one attached hydrogen (secondary N) is 1. The van der Waals surface area contributed by atoms with Crippen LogP contribution in [-0.4, -0.2) is 25.0 Å². The molecule has 1 amide bonds. The molecule has 0 saturated heterocycles. The number of rotatable bonds is 4. The third kappa shape index (κ3) is 3.79. The zero-order chi connectivity index (χ0) is 15.4. The Hall–Kier alpha value is -2.40. The Morgan fingerprint density at radius 3 is 2.33 bits per heavy atom. The van der Waals surface area contributed by atoms with Gasteiger partial charge in [-0.05, 0) is 42.5 Å². The molecule has 0 aromatic heterocycles. The highest BCUT2D eigenvalue weighted by Gasteiger charge is 2.07. The highest BCUT2D eigenvalue weighted by Crippen LogP contribution is 2.16. The van der Waals surface area contributed by atoms with Crippen molar-refractivity contribution in [1.82, 2.24) is 0 Å². The van der Waals surface area contributed by atoms with E-state index in [1.54, 1.807) is 30.3 Å². The fourth-order valence-corrected chi connectivity index (χ4v) is 1.98. The van der Waals surface area contributed by atoms with Crippen LogP contribution in [-0.2, 0) is 0 Å². The first kappa shape index (κ1) is 15.0. The van der Waals surface area contributed by atoms with E-state index >= 15 is 0 Å². The van der Waals surface area contributed by atoms with E-state index in [0.717, 1.165) is 11.3 Å². The molecule has 0 fully saturated rings. The molecule has 2 aromatic carbocycles. The lowest BCUT2D eigenvalue weighted by Crippen LogP contribution is -2.14. The summed E-state index contributed by atoms with van der Waals surface area (Å²) in [5.41, 5.74) is 8.61. The van der Waals surface area contributed by atoms with Gasteiger partial charge in [0.25, 0.3) is 5.91 Å². The molecule has 0 bridgehead atoms. The molecule has 0 unspecified atom stereocenters. The number of anilines is 2. The Kier molecular flexibility index (Phi) is 4.55. The Morgan fingerprint density at radius 1 is 1.10 bits per heavy atom. The van der Waals surface area contributed by atoms with Crippen molar-refractivity contribution in [3.05, 3.63) is 59.7 Å². The number of thiocarbonyl (C=S) groups is 1. The van der Waals surface area contributed by atoms with Crippen LogP contribution in [0, 0.1) is 0 Å². The largest absolute Gasteiger partial charge is 0.389 e. The fraction of sp³-hybridized carbons (Fsp3) is 0.125. The minimum absolute atomic E-state index is 0.151. The maximum Gasteiger partial charge on any atom is 0.255 e. The quantitative estimate of drug-likeness (QED) is 0.852. The maximum atomic E-state index is 12.2. The molecular weight excluding hydrogens is 282 g/mol. The van der Waals surface area contributed by atoms with E-state index in [4.69, 9.17) is 18.0 Å². The van der Waals surface area contributed by atoms with Gasteiger partial charge in [0.1, 0.15) is 4.99 Å². The van der Waals surface area contributed by atoms with Crippen LogP contribution in [0.25, 0.3) is 0 Å². The molecule has 4 nitrogen and oxygen atoms in total. The van der Waals surface area contributed by atoms with Crippen molar-refractivity contribution in [2.75, 3.05) is 24.3 Å². The molecule has 0 radical (unpaired) electrons. The predicted molar refractivity (Wildman–Crippen MR) is 91.1 cm³/mol. The number of hydrogen-bond donors (Lipinski definition) is 2. The first-order valence-corrected chi connectivity index (χ1v) is 6.87. The van der Waals surface area contributed by atoms with E-state index in [1.165, 1.54) is 0 Å². The lowest BCUT2D eigenvalue weighted by molar-refractivity contribution is 0.102. The Labute approximate surface area is 129 Å². The molecule has 0 saturated carbocycles. The average molecular weight is 299 g/mol. The second-order valence-corrected chi connectivity index (χ2v) is 5.28. The molecule has 0 aliphatic rings. The van der Waals surface area contributed by atoms with Gasteiger partial charge >= 0.3 is 0 Å². The van der Waals surface area contributed by atoms with Gasteiger partial charge in [0.15, 0.2) is 0 Å². The molecule has 5 heteroatoms. The van der Waals surface area contributed by atoms with Gasteiger partial charge in [0.2, 0.25) is 0 Å². The monoisotopic (exact) mass is 299 g/mol. The molecule has 2 aromatic rings. The zero-order valence-corrected chi connectivity index (χ0v) is 12.8. The van der Waals surface area contributed by atoms with Gasteiger partial charge in [-0.15, -0.1) is 0 Å². The highest BCUT2D eigenvalue weighted by atomic mass is 32.1. The van der Waals surface area contributed by atoms with Gasteiger partial charge in [0.05, 0.1) is 0 Å². The van der Waals surface area contributed by atoms with Crippen molar-refractivity contribution in [2.24, 2.45) is 5.73 Å². The topological polar surface area (TPSA) is 58.4 Å². The van der Waals surface area contributed by atoms with Crippen LogP contribution in [0.3, 0.4) is 0 Å². The predicted octanol–water partition coefficient (Wildman–Crippen LogP) is 2.64. The minimum Gasteiger partial charge on any atom is -0.389 e. The summed E-state index contributed by atoms with van der Waals surface area (Å²) >= 11 is 4.89. The summed E-state index contributed by atoms with van der Waals surface area (Å²) in [6.07, 6.45) is 0. The summed E-state index contributed by atoms with van der Waals surface area (Å²) in [5.74, 6) is -0.151. The van der Waals surface area contributed by atoms with E-state index in [-0.39, 0.29) is 5.91 Å². The van der Waals surface area contributed by atoms with Crippen LogP contribution in [0.4, 0.5) is 11.4 Å². The molecule has 108 valence electrons. The lowest BCUT2D eigenvalue weighted by atomic mass is 10.1. The van der Waals surface area contributed by atoms with Crippen LogP contribution in [0.2, 0.25) is 0 Å². The van der Waals surface area contributed by atoms with Crippen LogP contribution < -0.4 is 16.0 Å². The highest BCUT2D eigenvalue weighted by molar-refractivity contribution is 7.80. The third-order valence-corrected chi connectivity index (χ3v) is 3.29. The third-order valence-electron chi connectivity index (χ3n) is 3.05.